The Morgan fingerprint density at radius 3 is 2.15 bits per heavy atom. The molecule has 6 nitrogen and oxygen atoms in total. The summed E-state index contributed by atoms with van der Waals surface area (Å²) in [6.45, 7) is 11.6. The molecule has 0 aromatic heterocycles. The lowest BCUT2D eigenvalue weighted by Gasteiger charge is -2.27. The Kier molecular flexibility index (Phi) is 7.80. The number of likely N-dealkylation sites (N-methyl/N-ethyl adjacent to an activating group) is 1. The summed E-state index contributed by atoms with van der Waals surface area (Å²) >= 11 is 0. The lowest BCUT2D eigenvalue weighted by Crippen LogP contribution is -3.11. The maximum atomic E-state index is 12.7. The van der Waals surface area contributed by atoms with Crippen LogP contribution >= 0.6 is 0 Å². The van der Waals surface area contributed by atoms with Crippen LogP contribution in [0.5, 0.6) is 0 Å². The highest BCUT2D eigenvalue weighted by Crippen LogP contribution is 2.32. The average molecular weight is 377 g/mol. The summed E-state index contributed by atoms with van der Waals surface area (Å²) in [5, 5.41) is 3.12. The van der Waals surface area contributed by atoms with Gasteiger partial charge in [0.25, 0.3) is 11.8 Å². The number of para-hydroxylation sites is 1. The molecule has 1 aromatic carbocycles. The van der Waals surface area contributed by atoms with Crippen molar-refractivity contribution in [1.82, 2.24) is 4.90 Å². The summed E-state index contributed by atoms with van der Waals surface area (Å²) in [5.74, 6) is 0.672. The number of ether oxygens (including phenoxy) is 1. The van der Waals surface area contributed by atoms with Crippen LogP contribution in [0.3, 0.4) is 0 Å². The van der Waals surface area contributed by atoms with E-state index in [2.05, 4.69) is 51.2 Å². The third-order valence-electron chi connectivity index (χ3n) is 4.92. The molecule has 1 aliphatic rings. The van der Waals surface area contributed by atoms with Crippen LogP contribution in [-0.4, -0.2) is 63.2 Å². The topological polar surface area (TPSA) is 63.1 Å². The first-order valence-corrected chi connectivity index (χ1v) is 9.89. The van der Waals surface area contributed by atoms with E-state index in [1.807, 2.05) is 11.9 Å². The van der Waals surface area contributed by atoms with Crippen LogP contribution in [-0.2, 0) is 14.3 Å². The van der Waals surface area contributed by atoms with Crippen molar-refractivity contribution in [3.63, 3.8) is 0 Å². The molecule has 0 aliphatic carbocycles. The Morgan fingerprint density at radius 1 is 1.07 bits per heavy atom. The minimum Gasteiger partial charge on any atom is -0.378 e. The number of quaternary nitrogens is 1. The minimum atomic E-state index is -0.0581. The first-order chi connectivity index (χ1) is 12.8. The van der Waals surface area contributed by atoms with Crippen LogP contribution in [0.15, 0.2) is 18.2 Å². The monoisotopic (exact) mass is 376 g/mol. The van der Waals surface area contributed by atoms with Crippen LogP contribution in [0, 0.1) is 0 Å². The Labute approximate surface area is 162 Å². The van der Waals surface area contributed by atoms with Crippen molar-refractivity contribution in [1.29, 1.82) is 0 Å². The van der Waals surface area contributed by atoms with Gasteiger partial charge in [-0.3, -0.25) is 9.59 Å². The molecule has 150 valence electrons. The van der Waals surface area contributed by atoms with Crippen LogP contribution in [0.4, 0.5) is 5.69 Å². The van der Waals surface area contributed by atoms with E-state index in [9.17, 15) is 9.59 Å². The summed E-state index contributed by atoms with van der Waals surface area (Å²) in [4.78, 5) is 27.7. The summed E-state index contributed by atoms with van der Waals surface area (Å²) in [5.41, 5.74) is 3.23. The highest BCUT2D eigenvalue weighted by Gasteiger charge is 2.22. The zero-order valence-electron chi connectivity index (χ0n) is 17.3. The second-order valence-electron chi connectivity index (χ2n) is 7.97. The Hall–Kier alpha value is -1.92. The number of benzene rings is 1. The quantitative estimate of drug-likeness (QED) is 0.753. The van der Waals surface area contributed by atoms with Gasteiger partial charge in [0.1, 0.15) is 0 Å². The van der Waals surface area contributed by atoms with Crippen LogP contribution < -0.4 is 10.2 Å². The molecule has 6 heteroatoms. The Bertz CT molecular complexity index is 626. The zero-order chi connectivity index (χ0) is 20.0. The average Bonchev–Trinajstić information content (AvgIpc) is 2.61. The summed E-state index contributed by atoms with van der Waals surface area (Å²) in [6, 6.07) is 6.20. The van der Waals surface area contributed by atoms with Gasteiger partial charge < -0.3 is 19.9 Å². The molecule has 2 rings (SSSR count). The van der Waals surface area contributed by atoms with Gasteiger partial charge in [0.2, 0.25) is 0 Å². The van der Waals surface area contributed by atoms with Gasteiger partial charge in [-0.1, -0.05) is 45.9 Å². The predicted molar refractivity (Wildman–Crippen MR) is 107 cm³/mol. The smallest absolute Gasteiger partial charge is 0.279 e. The molecule has 0 spiro atoms. The van der Waals surface area contributed by atoms with Crippen molar-refractivity contribution in [2.75, 3.05) is 51.8 Å². The predicted octanol–water partition coefficient (Wildman–Crippen LogP) is 1.25. The van der Waals surface area contributed by atoms with Gasteiger partial charge >= 0.3 is 0 Å². The van der Waals surface area contributed by atoms with E-state index in [0.29, 0.717) is 44.7 Å². The van der Waals surface area contributed by atoms with E-state index in [1.165, 1.54) is 0 Å². The fourth-order valence-electron chi connectivity index (χ4n) is 3.40. The SMILES string of the molecule is CC(C)c1cccc(C(C)C)c1NC(=O)C[NH+](C)CC(=O)N1CCOCC1. The molecule has 0 bridgehead atoms. The van der Waals surface area contributed by atoms with Crippen LogP contribution in [0.2, 0.25) is 0 Å². The maximum Gasteiger partial charge on any atom is 0.279 e. The van der Waals surface area contributed by atoms with E-state index >= 15 is 0 Å². The van der Waals surface area contributed by atoms with Crippen LogP contribution in [0.25, 0.3) is 0 Å². The van der Waals surface area contributed by atoms with Crippen molar-refractivity contribution in [2.24, 2.45) is 0 Å². The van der Waals surface area contributed by atoms with E-state index in [0.717, 1.165) is 21.7 Å². The standard InChI is InChI=1S/C21H33N3O3/c1-15(2)17-7-6-8-18(16(3)4)21(17)22-19(25)13-23(5)14-20(26)24-9-11-27-12-10-24/h6-8,15-16H,9-14H2,1-5H3,(H,22,25)/p+1. The van der Waals surface area contributed by atoms with Gasteiger partial charge in [-0.05, 0) is 23.0 Å². The third kappa shape index (κ3) is 6.04. The number of hydrogen-bond acceptors (Lipinski definition) is 3. The number of morpholine rings is 1. The third-order valence-corrected chi connectivity index (χ3v) is 4.92. The number of nitrogens with one attached hydrogen (secondary N) is 2. The van der Waals surface area contributed by atoms with E-state index < -0.39 is 0 Å². The summed E-state index contributed by atoms with van der Waals surface area (Å²) in [6.07, 6.45) is 0. The fraction of sp³-hybridized carbons (Fsp3) is 0.619. The first-order valence-electron chi connectivity index (χ1n) is 9.89. The molecule has 2 N–H and O–H groups in total. The number of carbonyl (C=O) groups is 2. The number of hydrogen-bond donors (Lipinski definition) is 2. The molecule has 1 atom stereocenters. The van der Waals surface area contributed by atoms with E-state index in [-0.39, 0.29) is 18.4 Å². The molecule has 1 aromatic rings. The van der Waals surface area contributed by atoms with Crippen molar-refractivity contribution in [3.8, 4) is 0 Å². The highest BCUT2D eigenvalue weighted by molar-refractivity contribution is 5.93. The van der Waals surface area contributed by atoms with Crippen molar-refractivity contribution < 1.29 is 19.2 Å². The largest absolute Gasteiger partial charge is 0.378 e. The van der Waals surface area contributed by atoms with Gasteiger partial charge in [-0.25, -0.2) is 0 Å². The maximum absolute atomic E-state index is 12.7. The number of carbonyl (C=O) groups excluding carboxylic acids is 2. The molecule has 27 heavy (non-hydrogen) atoms. The van der Waals surface area contributed by atoms with E-state index in [1.54, 1.807) is 0 Å². The van der Waals surface area contributed by atoms with Gasteiger partial charge in [-0.15, -0.1) is 0 Å². The molecule has 1 unspecified atom stereocenters. The molecule has 1 aliphatic heterocycles. The van der Waals surface area contributed by atoms with Crippen molar-refractivity contribution in [3.05, 3.63) is 29.3 Å². The van der Waals surface area contributed by atoms with Gasteiger partial charge in [0, 0.05) is 18.8 Å². The lowest BCUT2D eigenvalue weighted by atomic mass is 9.92. The lowest BCUT2D eigenvalue weighted by molar-refractivity contribution is -0.862. The molecule has 2 amide bonds. The normalized spacial score (nSPS) is 15.9. The van der Waals surface area contributed by atoms with Gasteiger partial charge in [0.15, 0.2) is 13.1 Å². The number of anilines is 1. The minimum absolute atomic E-state index is 0.0581. The zero-order valence-corrected chi connectivity index (χ0v) is 17.3. The van der Waals surface area contributed by atoms with Gasteiger partial charge in [0.05, 0.1) is 20.3 Å². The molecule has 0 saturated carbocycles. The number of amides is 2. The van der Waals surface area contributed by atoms with Crippen molar-refractivity contribution in [2.45, 2.75) is 39.5 Å². The van der Waals surface area contributed by atoms with E-state index in [4.69, 9.17) is 4.74 Å². The van der Waals surface area contributed by atoms with Gasteiger partial charge in [-0.2, -0.15) is 0 Å². The van der Waals surface area contributed by atoms with Crippen LogP contribution in [0.1, 0.15) is 50.7 Å². The van der Waals surface area contributed by atoms with Crippen molar-refractivity contribution >= 4 is 17.5 Å². The molecular formula is C21H34N3O3+. The summed E-state index contributed by atoms with van der Waals surface area (Å²) in [7, 11) is 1.88. The highest BCUT2D eigenvalue weighted by atomic mass is 16.5. The fourth-order valence-corrected chi connectivity index (χ4v) is 3.40. The second-order valence-corrected chi connectivity index (χ2v) is 7.97. The second kappa shape index (κ2) is 9.85. The molecule has 1 saturated heterocycles. The molecular weight excluding hydrogens is 342 g/mol. The first kappa shape index (κ1) is 21.4. The summed E-state index contributed by atoms with van der Waals surface area (Å²) < 4.78 is 5.28. The Morgan fingerprint density at radius 2 is 1.63 bits per heavy atom. The number of rotatable bonds is 7. The molecule has 1 heterocycles. The molecule has 0 radical (unpaired) electrons. The molecule has 1 fully saturated rings. The number of nitrogens with zero attached hydrogens (tertiary/aromatic N) is 1. The Balaban J connectivity index is 1.99.